The average molecular weight is 379 g/mol. The van der Waals surface area contributed by atoms with Crippen molar-refractivity contribution in [3.05, 3.63) is 23.8 Å². The molecule has 2 aliphatic rings. The van der Waals surface area contributed by atoms with Gasteiger partial charge >= 0.3 is 5.97 Å². The molecule has 0 amide bonds. The minimum atomic E-state index is -0.728. The van der Waals surface area contributed by atoms with Crippen LogP contribution in [0.5, 0.6) is 0 Å². The summed E-state index contributed by atoms with van der Waals surface area (Å²) in [4.78, 5) is 10.6. The highest BCUT2D eigenvalue weighted by Gasteiger charge is 2.44. The Bertz CT molecular complexity index is 511. The topological polar surface area (TPSA) is 77.8 Å². The van der Waals surface area contributed by atoms with Crippen LogP contribution >= 0.6 is 0 Å². The van der Waals surface area contributed by atoms with Gasteiger partial charge in [-0.25, -0.2) is 0 Å². The molecule has 0 unspecified atom stereocenters. The molecule has 154 valence electrons. The van der Waals surface area contributed by atoms with Crippen LogP contribution in [-0.2, 0) is 4.79 Å². The van der Waals surface area contributed by atoms with Gasteiger partial charge in [-0.1, -0.05) is 62.8 Å². The highest BCUT2D eigenvalue weighted by molar-refractivity contribution is 5.66. The Morgan fingerprint density at radius 1 is 1.19 bits per heavy atom. The van der Waals surface area contributed by atoms with E-state index in [0.29, 0.717) is 18.3 Å². The summed E-state index contributed by atoms with van der Waals surface area (Å²) < 4.78 is 0. The molecule has 2 saturated carbocycles. The zero-order valence-corrected chi connectivity index (χ0v) is 16.9. The van der Waals surface area contributed by atoms with E-state index in [0.717, 1.165) is 38.5 Å². The number of unbranched alkanes of at least 4 members (excludes halogenated alkanes) is 5. The molecule has 2 aliphatic carbocycles. The van der Waals surface area contributed by atoms with Crippen molar-refractivity contribution in [3.63, 3.8) is 0 Å². The third-order valence-corrected chi connectivity index (χ3v) is 6.30. The van der Waals surface area contributed by atoms with Gasteiger partial charge in [-0.15, -0.1) is 0 Å². The number of rotatable bonds is 12. The summed E-state index contributed by atoms with van der Waals surface area (Å²) in [6.07, 6.45) is 17.0. The number of aliphatic hydroxyl groups excluding tert-OH is 2. The normalized spacial score (nSPS) is 30.3. The fraction of sp³-hybridized carbons (Fsp3) is 0.783. The number of hydrogen-bond donors (Lipinski definition) is 3. The van der Waals surface area contributed by atoms with Gasteiger partial charge in [-0.3, -0.25) is 4.79 Å². The summed E-state index contributed by atoms with van der Waals surface area (Å²) in [6, 6.07) is 0. The van der Waals surface area contributed by atoms with Crippen LogP contribution in [0, 0.1) is 17.8 Å². The first-order chi connectivity index (χ1) is 13.0. The highest BCUT2D eigenvalue weighted by Crippen LogP contribution is 2.50. The molecule has 2 rings (SSSR count). The zero-order chi connectivity index (χ0) is 19.6. The molecule has 3 N–H and O–H groups in total. The molecule has 0 heterocycles. The predicted molar refractivity (Wildman–Crippen MR) is 108 cm³/mol. The highest BCUT2D eigenvalue weighted by atomic mass is 16.4. The van der Waals surface area contributed by atoms with Crippen molar-refractivity contribution in [2.45, 2.75) is 96.2 Å². The van der Waals surface area contributed by atoms with E-state index in [1.165, 1.54) is 31.3 Å². The minimum Gasteiger partial charge on any atom is -0.481 e. The number of fused-ring (bicyclic) bond motifs is 1. The van der Waals surface area contributed by atoms with Crippen LogP contribution in [0.3, 0.4) is 0 Å². The van der Waals surface area contributed by atoms with Crippen LogP contribution in [-0.4, -0.2) is 33.5 Å². The number of aliphatic carboxylic acids is 1. The summed E-state index contributed by atoms with van der Waals surface area (Å²) in [5.41, 5.74) is 1.43. The monoisotopic (exact) mass is 378 g/mol. The van der Waals surface area contributed by atoms with Crippen molar-refractivity contribution in [1.29, 1.82) is 0 Å². The molecule has 0 radical (unpaired) electrons. The van der Waals surface area contributed by atoms with Crippen LogP contribution < -0.4 is 0 Å². The Morgan fingerprint density at radius 2 is 1.96 bits per heavy atom. The molecule has 2 fully saturated rings. The average Bonchev–Trinajstić information content (AvgIpc) is 3.13. The number of carboxylic acid groups (broad SMARTS) is 1. The quantitative estimate of drug-likeness (QED) is 0.335. The van der Waals surface area contributed by atoms with Gasteiger partial charge < -0.3 is 15.3 Å². The second kappa shape index (κ2) is 11.7. The van der Waals surface area contributed by atoms with E-state index < -0.39 is 12.1 Å². The number of carbonyl (C=O) groups is 1. The molecule has 0 spiro atoms. The molecule has 0 aromatic rings. The van der Waals surface area contributed by atoms with Crippen LogP contribution in [0.2, 0.25) is 0 Å². The van der Waals surface area contributed by atoms with Crippen LogP contribution in [0.25, 0.3) is 0 Å². The summed E-state index contributed by atoms with van der Waals surface area (Å²) in [5, 5.41) is 29.3. The Labute approximate surface area is 164 Å². The molecule has 0 bridgehead atoms. The maximum atomic E-state index is 10.6. The predicted octanol–water partition coefficient (Wildman–Crippen LogP) is 4.85. The van der Waals surface area contributed by atoms with Crippen LogP contribution in [0.1, 0.15) is 84.0 Å². The SMILES string of the molecule is CCCCCCC[C@@H](O)C=C[C@@H]1[C@H]2CC(=CCCCC(=O)O)C[C@@H]2C[C@H]1O. The molecule has 4 nitrogen and oxygen atoms in total. The van der Waals surface area contributed by atoms with Gasteiger partial charge in [0.2, 0.25) is 0 Å². The first-order valence-electron chi connectivity index (χ1n) is 11.0. The smallest absolute Gasteiger partial charge is 0.303 e. The van der Waals surface area contributed by atoms with E-state index in [-0.39, 0.29) is 18.4 Å². The molecule has 0 aliphatic heterocycles. The standard InChI is InChI=1S/C23H38O4/c1-2-3-4-5-6-10-19(24)12-13-20-21-15-17(9-7-8-11-23(26)27)14-18(21)16-22(20)25/h9,12-13,18-22,24-25H,2-8,10-11,14-16H2,1H3,(H,26,27)/t18-,19-,20-,21+,22-/m1/s1. The van der Waals surface area contributed by atoms with Gasteiger partial charge in [0.15, 0.2) is 0 Å². The zero-order valence-electron chi connectivity index (χ0n) is 16.9. The molecule has 0 saturated heterocycles. The summed E-state index contributed by atoms with van der Waals surface area (Å²) in [7, 11) is 0. The second-order valence-electron chi connectivity index (χ2n) is 8.52. The summed E-state index contributed by atoms with van der Waals surface area (Å²) in [5.74, 6) is 0.425. The molecule has 0 aromatic heterocycles. The largest absolute Gasteiger partial charge is 0.481 e. The van der Waals surface area contributed by atoms with Gasteiger partial charge in [-0.05, 0) is 50.4 Å². The first kappa shape index (κ1) is 22.2. The molecule has 0 aromatic carbocycles. The van der Waals surface area contributed by atoms with Crippen molar-refractivity contribution >= 4 is 5.97 Å². The second-order valence-corrected chi connectivity index (χ2v) is 8.52. The third-order valence-electron chi connectivity index (χ3n) is 6.30. The fourth-order valence-corrected chi connectivity index (χ4v) is 4.81. The number of aliphatic hydroxyl groups is 2. The first-order valence-corrected chi connectivity index (χ1v) is 11.0. The van der Waals surface area contributed by atoms with E-state index in [1.807, 2.05) is 6.08 Å². The van der Waals surface area contributed by atoms with Gasteiger partial charge in [0.05, 0.1) is 12.2 Å². The van der Waals surface area contributed by atoms with Gasteiger partial charge in [0.1, 0.15) is 0 Å². The third kappa shape index (κ3) is 7.42. The maximum absolute atomic E-state index is 10.6. The van der Waals surface area contributed by atoms with E-state index in [2.05, 4.69) is 19.1 Å². The van der Waals surface area contributed by atoms with Gasteiger partial charge in [0.25, 0.3) is 0 Å². The molecule has 27 heavy (non-hydrogen) atoms. The Kier molecular flexibility index (Phi) is 9.57. The van der Waals surface area contributed by atoms with Crippen molar-refractivity contribution in [3.8, 4) is 0 Å². The molecule has 5 atom stereocenters. The van der Waals surface area contributed by atoms with E-state index in [9.17, 15) is 15.0 Å². The van der Waals surface area contributed by atoms with Crippen LogP contribution in [0.4, 0.5) is 0 Å². The van der Waals surface area contributed by atoms with E-state index >= 15 is 0 Å². The lowest BCUT2D eigenvalue weighted by atomic mass is 9.90. The van der Waals surface area contributed by atoms with Crippen molar-refractivity contribution in [1.82, 2.24) is 0 Å². The molecule has 4 heteroatoms. The lowest BCUT2D eigenvalue weighted by molar-refractivity contribution is -0.137. The molecular weight excluding hydrogens is 340 g/mol. The molecular formula is C23H38O4. The Balaban J connectivity index is 1.76. The van der Waals surface area contributed by atoms with Crippen molar-refractivity contribution in [2.75, 3.05) is 0 Å². The number of allylic oxidation sites excluding steroid dienone is 2. The van der Waals surface area contributed by atoms with E-state index in [1.54, 1.807) is 0 Å². The number of carboxylic acids is 1. The maximum Gasteiger partial charge on any atom is 0.303 e. The van der Waals surface area contributed by atoms with Crippen LogP contribution in [0.15, 0.2) is 23.8 Å². The Hall–Kier alpha value is -1.13. The van der Waals surface area contributed by atoms with Crippen molar-refractivity contribution in [2.24, 2.45) is 17.8 Å². The van der Waals surface area contributed by atoms with Gasteiger partial charge in [0, 0.05) is 12.3 Å². The van der Waals surface area contributed by atoms with Crippen molar-refractivity contribution < 1.29 is 20.1 Å². The lowest BCUT2D eigenvalue weighted by Gasteiger charge is -2.17. The van der Waals surface area contributed by atoms with Gasteiger partial charge in [-0.2, -0.15) is 0 Å². The minimum absolute atomic E-state index is 0.148. The van der Waals surface area contributed by atoms with E-state index in [4.69, 9.17) is 5.11 Å². The summed E-state index contributed by atoms with van der Waals surface area (Å²) in [6.45, 7) is 2.21. The lowest BCUT2D eigenvalue weighted by Crippen LogP contribution is -2.17. The summed E-state index contributed by atoms with van der Waals surface area (Å²) >= 11 is 0. The fourth-order valence-electron chi connectivity index (χ4n) is 4.81. The number of hydrogen-bond acceptors (Lipinski definition) is 3. The Morgan fingerprint density at radius 3 is 2.70 bits per heavy atom.